The first-order chi connectivity index (χ1) is 15.1. The summed E-state index contributed by atoms with van der Waals surface area (Å²) in [5, 5.41) is 7.51. The molecule has 0 radical (unpaired) electrons. The van der Waals surface area contributed by atoms with E-state index in [1.165, 1.54) is 12.1 Å². The molecule has 0 unspecified atom stereocenters. The van der Waals surface area contributed by atoms with Crippen LogP contribution >= 0.6 is 0 Å². The number of benzene rings is 1. The molecule has 0 saturated carbocycles. The molecule has 5 rings (SSSR count). The summed E-state index contributed by atoms with van der Waals surface area (Å²) in [5.41, 5.74) is 6.41. The Labute approximate surface area is 178 Å². The molecule has 0 aliphatic carbocycles. The van der Waals surface area contributed by atoms with Crippen molar-refractivity contribution in [2.45, 2.75) is 13.5 Å². The molecule has 0 amide bonds. The summed E-state index contributed by atoms with van der Waals surface area (Å²) in [4.78, 5) is 17.5. The predicted molar refractivity (Wildman–Crippen MR) is 118 cm³/mol. The number of nitrogens with one attached hydrogen (secondary N) is 2. The number of aryl methyl sites for hydroxylation is 2. The lowest BCUT2D eigenvalue weighted by atomic mass is 10.1. The van der Waals surface area contributed by atoms with Gasteiger partial charge in [0, 0.05) is 19.3 Å². The minimum atomic E-state index is -0.266. The third kappa shape index (κ3) is 3.75. The number of hydrogen-bond acceptors (Lipinski definition) is 5. The number of pyridine rings is 2. The number of aromatic nitrogens is 6. The van der Waals surface area contributed by atoms with Crippen LogP contribution in [0, 0.1) is 12.7 Å². The standard InChI is InChI=1S/C23H20FN7/c1-14-5-3-8-17(27-14)21-22(18-9-10-20-19(28-18)13-26-31(20)2)30-23(29-21)25-12-15-6-4-7-16(24)11-15/h3-11,13H,12H2,1-2H3,(H2,25,29,30). The second-order valence-electron chi connectivity index (χ2n) is 7.33. The fourth-order valence-electron chi connectivity index (χ4n) is 3.51. The number of imidazole rings is 1. The van der Waals surface area contributed by atoms with E-state index in [1.54, 1.807) is 16.9 Å². The van der Waals surface area contributed by atoms with E-state index in [9.17, 15) is 4.39 Å². The zero-order valence-electron chi connectivity index (χ0n) is 17.1. The number of H-pyrrole nitrogens is 1. The first kappa shape index (κ1) is 18.9. The van der Waals surface area contributed by atoms with E-state index < -0.39 is 0 Å². The number of aromatic amines is 1. The van der Waals surface area contributed by atoms with Crippen LogP contribution in [0.2, 0.25) is 0 Å². The zero-order chi connectivity index (χ0) is 21.4. The van der Waals surface area contributed by atoms with Gasteiger partial charge in [-0.05, 0) is 48.9 Å². The molecule has 0 aliphatic heterocycles. The number of hydrogen-bond donors (Lipinski definition) is 2. The summed E-state index contributed by atoms with van der Waals surface area (Å²) in [6, 6.07) is 16.2. The Kier molecular flexibility index (Phi) is 4.66. The van der Waals surface area contributed by atoms with E-state index in [0.717, 1.165) is 39.4 Å². The zero-order valence-corrected chi connectivity index (χ0v) is 17.1. The maximum absolute atomic E-state index is 13.5. The summed E-state index contributed by atoms with van der Waals surface area (Å²) < 4.78 is 15.3. The van der Waals surface area contributed by atoms with Crippen LogP contribution in [0.15, 0.2) is 60.8 Å². The molecular weight excluding hydrogens is 393 g/mol. The van der Waals surface area contributed by atoms with E-state index in [0.29, 0.717) is 18.2 Å². The normalized spacial score (nSPS) is 11.2. The van der Waals surface area contributed by atoms with Crippen molar-refractivity contribution in [1.82, 2.24) is 29.7 Å². The van der Waals surface area contributed by atoms with E-state index >= 15 is 0 Å². The van der Waals surface area contributed by atoms with Crippen molar-refractivity contribution in [3.63, 3.8) is 0 Å². The van der Waals surface area contributed by atoms with Gasteiger partial charge in [-0.2, -0.15) is 5.10 Å². The third-order valence-corrected chi connectivity index (χ3v) is 5.04. The van der Waals surface area contributed by atoms with Crippen LogP contribution in [0.25, 0.3) is 33.8 Å². The highest BCUT2D eigenvalue weighted by Crippen LogP contribution is 2.30. The Hall–Kier alpha value is -4.07. The van der Waals surface area contributed by atoms with E-state index in [4.69, 9.17) is 9.97 Å². The molecule has 0 aliphatic rings. The quantitative estimate of drug-likeness (QED) is 0.444. The summed E-state index contributed by atoms with van der Waals surface area (Å²) in [6.07, 6.45) is 1.74. The van der Waals surface area contributed by atoms with Crippen LogP contribution < -0.4 is 5.32 Å². The maximum Gasteiger partial charge on any atom is 0.201 e. The van der Waals surface area contributed by atoms with E-state index in [1.807, 2.05) is 50.4 Å². The molecule has 31 heavy (non-hydrogen) atoms. The molecule has 0 bridgehead atoms. The summed E-state index contributed by atoms with van der Waals surface area (Å²) >= 11 is 0. The third-order valence-electron chi connectivity index (χ3n) is 5.04. The van der Waals surface area contributed by atoms with Crippen molar-refractivity contribution in [3.05, 3.63) is 77.9 Å². The van der Waals surface area contributed by atoms with Crippen LogP contribution in [0.5, 0.6) is 0 Å². The summed E-state index contributed by atoms with van der Waals surface area (Å²) in [5.74, 6) is 0.295. The predicted octanol–water partition coefficient (Wildman–Crippen LogP) is 4.48. The number of fused-ring (bicyclic) bond motifs is 1. The first-order valence-corrected chi connectivity index (χ1v) is 9.88. The van der Waals surface area contributed by atoms with E-state index in [2.05, 4.69) is 20.4 Å². The Morgan fingerprint density at radius 3 is 2.71 bits per heavy atom. The molecule has 1 aromatic carbocycles. The van der Waals surface area contributed by atoms with Crippen LogP contribution in [0.3, 0.4) is 0 Å². The van der Waals surface area contributed by atoms with Crippen molar-refractivity contribution >= 4 is 17.0 Å². The van der Waals surface area contributed by atoms with Gasteiger partial charge in [0.25, 0.3) is 0 Å². The van der Waals surface area contributed by atoms with Gasteiger partial charge >= 0.3 is 0 Å². The fourth-order valence-corrected chi connectivity index (χ4v) is 3.51. The number of halogens is 1. The molecule has 8 heteroatoms. The second-order valence-corrected chi connectivity index (χ2v) is 7.33. The van der Waals surface area contributed by atoms with Gasteiger partial charge in [0.05, 0.1) is 28.8 Å². The van der Waals surface area contributed by atoms with Crippen molar-refractivity contribution in [1.29, 1.82) is 0 Å². The van der Waals surface area contributed by atoms with Crippen molar-refractivity contribution in [2.75, 3.05) is 5.32 Å². The highest BCUT2D eigenvalue weighted by molar-refractivity contribution is 5.82. The van der Waals surface area contributed by atoms with Crippen LogP contribution in [-0.4, -0.2) is 29.7 Å². The van der Waals surface area contributed by atoms with Gasteiger partial charge in [0.15, 0.2) is 0 Å². The maximum atomic E-state index is 13.5. The van der Waals surface area contributed by atoms with E-state index in [-0.39, 0.29) is 5.82 Å². The average Bonchev–Trinajstić information content (AvgIpc) is 3.36. The average molecular weight is 413 g/mol. The lowest BCUT2D eigenvalue weighted by Crippen LogP contribution is -2.01. The smallest absolute Gasteiger partial charge is 0.201 e. The molecule has 2 N–H and O–H groups in total. The van der Waals surface area contributed by atoms with Gasteiger partial charge in [0.2, 0.25) is 5.95 Å². The molecule has 4 aromatic heterocycles. The lowest BCUT2D eigenvalue weighted by molar-refractivity contribution is 0.626. The molecular formula is C23H20FN7. The highest BCUT2D eigenvalue weighted by atomic mass is 19.1. The first-order valence-electron chi connectivity index (χ1n) is 9.88. The Balaban J connectivity index is 1.56. The topological polar surface area (TPSA) is 84.3 Å². The molecule has 7 nitrogen and oxygen atoms in total. The molecule has 5 aromatic rings. The Morgan fingerprint density at radius 1 is 1.00 bits per heavy atom. The monoisotopic (exact) mass is 413 g/mol. The molecule has 154 valence electrons. The van der Waals surface area contributed by atoms with Crippen molar-refractivity contribution < 1.29 is 4.39 Å². The Morgan fingerprint density at radius 2 is 1.87 bits per heavy atom. The van der Waals surface area contributed by atoms with Gasteiger partial charge in [-0.15, -0.1) is 0 Å². The Bertz CT molecular complexity index is 1390. The molecule has 4 heterocycles. The largest absolute Gasteiger partial charge is 0.352 e. The second kappa shape index (κ2) is 7.64. The minimum Gasteiger partial charge on any atom is -0.352 e. The number of nitrogens with zero attached hydrogens (tertiary/aromatic N) is 5. The molecule has 0 spiro atoms. The summed E-state index contributed by atoms with van der Waals surface area (Å²) in [6.45, 7) is 2.37. The molecule has 0 saturated heterocycles. The van der Waals surface area contributed by atoms with Gasteiger partial charge in [-0.3, -0.25) is 9.67 Å². The summed E-state index contributed by atoms with van der Waals surface area (Å²) in [7, 11) is 1.89. The molecule has 0 fully saturated rings. The SMILES string of the molecule is Cc1cccc(-c2nc(NCc3cccc(F)c3)[nH]c2-c2ccc3c(cnn3C)n2)n1. The van der Waals surface area contributed by atoms with Gasteiger partial charge in [-0.25, -0.2) is 14.4 Å². The van der Waals surface area contributed by atoms with Crippen LogP contribution in [0.1, 0.15) is 11.3 Å². The van der Waals surface area contributed by atoms with Gasteiger partial charge < -0.3 is 10.3 Å². The van der Waals surface area contributed by atoms with Gasteiger partial charge in [-0.1, -0.05) is 18.2 Å². The number of anilines is 1. The van der Waals surface area contributed by atoms with Crippen LogP contribution in [0.4, 0.5) is 10.3 Å². The molecule has 0 atom stereocenters. The van der Waals surface area contributed by atoms with Crippen molar-refractivity contribution in [3.8, 4) is 22.8 Å². The van der Waals surface area contributed by atoms with Crippen molar-refractivity contribution in [2.24, 2.45) is 7.05 Å². The number of rotatable bonds is 5. The fraction of sp³-hybridized carbons (Fsp3) is 0.130. The van der Waals surface area contributed by atoms with Gasteiger partial charge in [0.1, 0.15) is 17.0 Å². The lowest BCUT2D eigenvalue weighted by Gasteiger charge is -2.03. The highest BCUT2D eigenvalue weighted by Gasteiger charge is 2.17. The minimum absolute atomic E-state index is 0.266. The van der Waals surface area contributed by atoms with Crippen LogP contribution in [-0.2, 0) is 13.6 Å².